The highest BCUT2D eigenvalue weighted by Gasteiger charge is 2.38. The molecule has 9 heteroatoms. The molecule has 0 radical (unpaired) electrons. The van der Waals surface area contributed by atoms with Crippen molar-refractivity contribution in [1.82, 2.24) is 14.8 Å². The molecule has 2 heterocycles. The van der Waals surface area contributed by atoms with Gasteiger partial charge in [-0.15, -0.1) is 0 Å². The van der Waals surface area contributed by atoms with E-state index in [1.165, 1.54) is 13.1 Å². The van der Waals surface area contributed by atoms with E-state index in [4.69, 9.17) is 0 Å². The van der Waals surface area contributed by atoms with Crippen molar-refractivity contribution in [3.05, 3.63) is 57.3 Å². The van der Waals surface area contributed by atoms with Crippen LogP contribution in [0.1, 0.15) is 36.7 Å². The summed E-state index contributed by atoms with van der Waals surface area (Å²) in [5.74, 6) is -2.63. The first-order valence-corrected chi connectivity index (χ1v) is 7.69. The summed E-state index contributed by atoms with van der Waals surface area (Å²) < 4.78 is 67.9. The number of alkyl halides is 3. The lowest BCUT2D eigenvalue weighted by Crippen LogP contribution is -2.23. The van der Waals surface area contributed by atoms with E-state index in [-0.39, 0.29) is 22.4 Å². The quantitative estimate of drug-likeness (QED) is 0.677. The Morgan fingerprint density at radius 3 is 2.23 bits per heavy atom. The smallest absolute Gasteiger partial charge is 0.280 e. The summed E-state index contributed by atoms with van der Waals surface area (Å²) in [6.45, 7) is 4.81. The van der Waals surface area contributed by atoms with Crippen molar-refractivity contribution in [2.24, 2.45) is 0 Å². The number of aromatic nitrogens is 3. The number of hydrogen-bond donors (Lipinski definition) is 1. The summed E-state index contributed by atoms with van der Waals surface area (Å²) in [6, 6.07) is 1.59. The number of aryl methyl sites for hydroxylation is 1. The van der Waals surface area contributed by atoms with Crippen LogP contribution in [-0.4, -0.2) is 14.8 Å². The number of pyridine rings is 1. The summed E-state index contributed by atoms with van der Waals surface area (Å²) in [5, 5.41) is 5.43. The monoisotopic (exact) mass is 371 g/mol. The average Bonchev–Trinajstić information content (AvgIpc) is 2.91. The van der Waals surface area contributed by atoms with E-state index in [9.17, 15) is 26.7 Å². The van der Waals surface area contributed by atoms with E-state index in [2.05, 4.69) is 10.2 Å². The van der Waals surface area contributed by atoms with E-state index in [1.807, 2.05) is 0 Å². The van der Waals surface area contributed by atoms with Crippen molar-refractivity contribution < 1.29 is 22.0 Å². The molecule has 0 atom stereocenters. The van der Waals surface area contributed by atoms with Gasteiger partial charge in [-0.05, 0) is 35.9 Å². The van der Waals surface area contributed by atoms with E-state index in [1.54, 1.807) is 13.8 Å². The van der Waals surface area contributed by atoms with Crippen LogP contribution in [0.4, 0.5) is 22.0 Å². The molecule has 1 aromatic carbocycles. The Balaban J connectivity index is 2.47. The molecule has 0 spiro atoms. The van der Waals surface area contributed by atoms with Gasteiger partial charge < -0.3 is 0 Å². The zero-order chi connectivity index (χ0) is 19.4. The molecule has 26 heavy (non-hydrogen) atoms. The number of hydrogen-bond acceptors (Lipinski definition) is 2. The Hall–Kier alpha value is -2.71. The first-order valence-electron chi connectivity index (χ1n) is 7.69. The average molecular weight is 371 g/mol. The Morgan fingerprint density at radius 2 is 1.69 bits per heavy atom. The standard InChI is InChI=1S/C17H14F5N3O/c1-7(2)11-6-25(14-8(3)23-24-15(14)17(20,21)22)16(26)10-5-13(19)12(18)4-9(10)11/h4-7H,1-3H3,(H,23,24). The van der Waals surface area contributed by atoms with Crippen LogP contribution in [-0.2, 0) is 6.18 Å². The second-order valence-corrected chi connectivity index (χ2v) is 6.27. The van der Waals surface area contributed by atoms with Crippen LogP contribution < -0.4 is 5.56 Å². The maximum absolute atomic E-state index is 13.7. The molecule has 0 saturated heterocycles. The number of nitrogens with one attached hydrogen (secondary N) is 1. The molecule has 138 valence electrons. The molecule has 0 aliphatic carbocycles. The summed E-state index contributed by atoms with van der Waals surface area (Å²) in [5.41, 5.74) is -2.17. The first-order chi connectivity index (χ1) is 12.0. The number of fused-ring (bicyclic) bond motifs is 1. The first kappa shape index (κ1) is 18.1. The molecule has 0 unspecified atom stereocenters. The molecule has 0 aliphatic heterocycles. The Bertz CT molecular complexity index is 1060. The molecule has 0 aliphatic rings. The molecule has 0 saturated carbocycles. The van der Waals surface area contributed by atoms with Gasteiger partial charge in [0.15, 0.2) is 17.3 Å². The van der Waals surface area contributed by atoms with Crippen LogP contribution in [0.3, 0.4) is 0 Å². The van der Waals surface area contributed by atoms with Gasteiger partial charge in [0.25, 0.3) is 5.56 Å². The van der Waals surface area contributed by atoms with Gasteiger partial charge in [-0.2, -0.15) is 18.3 Å². The van der Waals surface area contributed by atoms with Crippen molar-refractivity contribution in [3.8, 4) is 5.69 Å². The zero-order valence-corrected chi connectivity index (χ0v) is 14.0. The van der Waals surface area contributed by atoms with Gasteiger partial charge >= 0.3 is 6.18 Å². The minimum Gasteiger partial charge on any atom is -0.280 e. The number of benzene rings is 1. The van der Waals surface area contributed by atoms with E-state index >= 15 is 0 Å². The summed E-state index contributed by atoms with van der Waals surface area (Å²) >= 11 is 0. The lowest BCUT2D eigenvalue weighted by molar-refractivity contribution is -0.141. The minimum absolute atomic E-state index is 0.0241. The predicted molar refractivity (Wildman–Crippen MR) is 85.4 cm³/mol. The topological polar surface area (TPSA) is 50.7 Å². The van der Waals surface area contributed by atoms with Gasteiger partial charge in [-0.25, -0.2) is 8.78 Å². The van der Waals surface area contributed by atoms with Gasteiger partial charge in [-0.1, -0.05) is 13.8 Å². The molecule has 4 nitrogen and oxygen atoms in total. The largest absolute Gasteiger partial charge is 0.437 e. The minimum atomic E-state index is -4.79. The highest BCUT2D eigenvalue weighted by Crippen LogP contribution is 2.34. The molecule has 0 fully saturated rings. The highest BCUT2D eigenvalue weighted by molar-refractivity contribution is 5.85. The maximum atomic E-state index is 13.7. The van der Waals surface area contributed by atoms with Crippen LogP contribution in [0.25, 0.3) is 16.5 Å². The van der Waals surface area contributed by atoms with Crippen LogP contribution in [0.15, 0.2) is 23.1 Å². The molecule has 0 amide bonds. The Labute approximate surface area is 144 Å². The molecule has 1 N–H and O–H groups in total. The summed E-state index contributed by atoms with van der Waals surface area (Å²) in [4.78, 5) is 12.8. The Kier molecular flexibility index (Phi) is 4.12. The molecule has 3 rings (SSSR count). The number of rotatable bonds is 2. The summed E-state index contributed by atoms with van der Waals surface area (Å²) in [6.07, 6.45) is -3.57. The lowest BCUT2D eigenvalue weighted by atomic mass is 9.98. The zero-order valence-electron chi connectivity index (χ0n) is 14.0. The van der Waals surface area contributed by atoms with Crippen LogP contribution in [0.5, 0.6) is 0 Å². The van der Waals surface area contributed by atoms with Gasteiger partial charge in [0.05, 0.1) is 11.1 Å². The van der Waals surface area contributed by atoms with Crippen molar-refractivity contribution in [3.63, 3.8) is 0 Å². The molecular formula is C17H14F5N3O. The molecular weight excluding hydrogens is 357 g/mol. The Morgan fingerprint density at radius 1 is 1.12 bits per heavy atom. The molecule has 0 bridgehead atoms. The van der Waals surface area contributed by atoms with E-state index in [0.29, 0.717) is 11.6 Å². The molecule has 2 aromatic heterocycles. The fourth-order valence-electron chi connectivity index (χ4n) is 2.90. The van der Waals surface area contributed by atoms with Crippen molar-refractivity contribution in [2.45, 2.75) is 32.9 Å². The van der Waals surface area contributed by atoms with Gasteiger partial charge in [-0.3, -0.25) is 14.5 Å². The third kappa shape index (κ3) is 2.77. The van der Waals surface area contributed by atoms with Crippen LogP contribution >= 0.6 is 0 Å². The van der Waals surface area contributed by atoms with Gasteiger partial charge in [0.1, 0.15) is 5.69 Å². The second-order valence-electron chi connectivity index (χ2n) is 6.27. The van der Waals surface area contributed by atoms with Crippen molar-refractivity contribution >= 4 is 10.8 Å². The number of nitrogens with zero attached hydrogens (tertiary/aromatic N) is 2. The number of H-pyrrole nitrogens is 1. The number of halogens is 5. The van der Waals surface area contributed by atoms with Gasteiger partial charge in [0.2, 0.25) is 0 Å². The van der Waals surface area contributed by atoms with E-state index < -0.39 is 34.8 Å². The molecule has 3 aromatic rings. The third-order valence-electron chi connectivity index (χ3n) is 4.14. The van der Waals surface area contributed by atoms with Crippen molar-refractivity contribution in [1.29, 1.82) is 0 Å². The van der Waals surface area contributed by atoms with Crippen molar-refractivity contribution in [2.75, 3.05) is 0 Å². The predicted octanol–water partition coefficient (Wildman–Crippen LogP) is 4.44. The highest BCUT2D eigenvalue weighted by atomic mass is 19.4. The fourth-order valence-corrected chi connectivity index (χ4v) is 2.90. The fraction of sp³-hybridized carbons (Fsp3) is 0.294. The number of aromatic amines is 1. The normalized spacial score (nSPS) is 12.3. The third-order valence-corrected chi connectivity index (χ3v) is 4.14. The maximum Gasteiger partial charge on any atom is 0.437 e. The lowest BCUT2D eigenvalue weighted by Gasteiger charge is -2.16. The van der Waals surface area contributed by atoms with Gasteiger partial charge in [0, 0.05) is 6.20 Å². The SMILES string of the molecule is Cc1[nH]nc(C(F)(F)F)c1-n1cc(C(C)C)c2cc(F)c(F)cc2c1=O. The summed E-state index contributed by atoms with van der Waals surface area (Å²) in [7, 11) is 0. The second kappa shape index (κ2) is 5.93. The van der Waals surface area contributed by atoms with Crippen LogP contribution in [0.2, 0.25) is 0 Å². The van der Waals surface area contributed by atoms with Crippen LogP contribution in [0, 0.1) is 18.6 Å². The van der Waals surface area contributed by atoms with E-state index in [0.717, 1.165) is 10.6 Å².